The molecule has 1 fully saturated rings. The first-order valence-corrected chi connectivity index (χ1v) is 9.46. The zero-order chi connectivity index (χ0) is 20.3. The van der Waals surface area contributed by atoms with Crippen molar-refractivity contribution in [2.45, 2.75) is 20.8 Å². The molecule has 0 aromatic heterocycles. The normalized spacial score (nSPS) is 14.0. The fourth-order valence-corrected chi connectivity index (χ4v) is 3.81. The van der Waals surface area contributed by atoms with E-state index < -0.39 is 5.97 Å². The maximum Gasteiger partial charge on any atom is 0.337 e. The van der Waals surface area contributed by atoms with E-state index in [1.165, 1.54) is 29.5 Å². The number of amides is 2. The van der Waals surface area contributed by atoms with E-state index in [9.17, 15) is 9.59 Å². The van der Waals surface area contributed by atoms with E-state index in [-0.39, 0.29) is 6.03 Å². The van der Waals surface area contributed by atoms with E-state index in [4.69, 9.17) is 0 Å². The summed E-state index contributed by atoms with van der Waals surface area (Å²) in [5.74, 6) is -0.393. The molecule has 0 saturated carbocycles. The first kappa shape index (κ1) is 19.7. The molecule has 2 amide bonds. The Morgan fingerprint density at radius 1 is 0.929 bits per heavy atom. The average Bonchev–Trinajstić information content (AvgIpc) is 2.67. The van der Waals surface area contributed by atoms with Crippen LogP contribution in [0.5, 0.6) is 0 Å². The Kier molecular flexibility index (Phi) is 5.87. The largest absolute Gasteiger partial charge is 0.465 e. The summed E-state index contributed by atoms with van der Waals surface area (Å²) in [7, 11) is 1.34. The number of nitrogens with one attached hydrogen (secondary N) is 1. The molecule has 1 heterocycles. The number of hydrogen-bond acceptors (Lipinski definition) is 4. The lowest BCUT2D eigenvalue weighted by molar-refractivity contribution is 0.0600. The summed E-state index contributed by atoms with van der Waals surface area (Å²) >= 11 is 0. The minimum absolute atomic E-state index is 0.122. The molecule has 0 atom stereocenters. The molecular weight excluding hydrogens is 354 g/mol. The highest BCUT2D eigenvalue weighted by atomic mass is 16.5. The van der Waals surface area contributed by atoms with Gasteiger partial charge in [-0.1, -0.05) is 17.7 Å². The monoisotopic (exact) mass is 381 g/mol. The van der Waals surface area contributed by atoms with Crippen LogP contribution in [0.4, 0.5) is 16.2 Å². The molecule has 0 spiro atoms. The smallest absolute Gasteiger partial charge is 0.337 e. The van der Waals surface area contributed by atoms with Crippen LogP contribution in [0.2, 0.25) is 0 Å². The third kappa shape index (κ3) is 4.27. The first-order chi connectivity index (χ1) is 13.4. The predicted molar refractivity (Wildman–Crippen MR) is 111 cm³/mol. The van der Waals surface area contributed by atoms with E-state index in [1.54, 1.807) is 24.3 Å². The Hall–Kier alpha value is -3.02. The third-order valence-corrected chi connectivity index (χ3v) is 5.08. The minimum atomic E-state index is -0.393. The Balaban J connectivity index is 1.59. The van der Waals surface area contributed by atoms with Crippen LogP contribution in [0.1, 0.15) is 27.0 Å². The highest BCUT2D eigenvalue weighted by Crippen LogP contribution is 2.27. The van der Waals surface area contributed by atoms with Gasteiger partial charge in [-0.15, -0.1) is 0 Å². The van der Waals surface area contributed by atoms with Gasteiger partial charge in [0.25, 0.3) is 0 Å². The van der Waals surface area contributed by atoms with Gasteiger partial charge in [-0.2, -0.15) is 0 Å². The second-order valence-corrected chi connectivity index (χ2v) is 7.22. The van der Waals surface area contributed by atoms with Crippen molar-refractivity contribution >= 4 is 23.4 Å². The molecule has 6 nitrogen and oxygen atoms in total. The Bertz CT molecular complexity index is 846. The number of urea groups is 1. The molecule has 3 rings (SSSR count). The summed E-state index contributed by atoms with van der Waals surface area (Å²) in [6.45, 7) is 9.35. The van der Waals surface area contributed by atoms with Crippen LogP contribution in [0.15, 0.2) is 36.4 Å². The highest BCUT2D eigenvalue weighted by molar-refractivity contribution is 5.92. The van der Waals surface area contributed by atoms with Crippen molar-refractivity contribution < 1.29 is 14.3 Å². The maximum absolute atomic E-state index is 12.6. The fraction of sp³-hybridized carbons (Fsp3) is 0.364. The zero-order valence-electron chi connectivity index (χ0n) is 16.9. The number of anilines is 2. The van der Waals surface area contributed by atoms with Crippen molar-refractivity contribution in [2.24, 2.45) is 0 Å². The van der Waals surface area contributed by atoms with Crippen molar-refractivity contribution in [1.82, 2.24) is 4.90 Å². The van der Waals surface area contributed by atoms with Gasteiger partial charge in [-0.25, -0.2) is 9.59 Å². The molecule has 148 valence electrons. The third-order valence-electron chi connectivity index (χ3n) is 5.08. The molecule has 0 bridgehead atoms. The van der Waals surface area contributed by atoms with Crippen LogP contribution in [-0.2, 0) is 4.74 Å². The van der Waals surface area contributed by atoms with Crippen molar-refractivity contribution in [3.05, 3.63) is 58.7 Å². The van der Waals surface area contributed by atoms with Crippen LogP contribution in [0.25, 0.3) is 0 Å². The molecule has 0 unspecified atom stereocenters. The Labute approximate surface area is 166 Å². The molecule has 0 radical (unpaired) electrons. The fourth-order valence-electron chi connectivity index (χ4n) is 3.81. The summed E-state index contributed by atoms with van der Waals surface area (Å²) in [5.41, 5.74) is 6.23. The molecule has 6 heteroatoms. The molecular formula is C22H27N3O3. The molecule has 2 aromatic carbocycles. The number of ether oxygens (including phenoxy) is 1. The van der Waals surface area contributed by atoms with Crippen LogP contribution >= 0.6 is 0 Å². The summed E-state index contributed by atoms with van der Waals surface area (Å²) in [6.07, 6.45) is 0. The SMILES string of the molecule is COC(=O)c1ccc(NC(=O)N2CCN(c3c(C)cc(C)cc3C)CC2)cc1. The van der Waals surface area contributed by atoms with Crippen LogP contribution in [0, 0.1) is 20.8 Å². The summed E-state index contributed by atoms with van der Waals surface area (Å²) < 4.78 is 4.68. The van der Waals surface area contributed by atoms with Gasteiger partial charge in [-0.3, -0.25) is 0 Å². The van der Waals surface area contributed by atoms with Gasteiger partial charge in [-0.05, 0) is 56.2 Å². The van der Waals surface area contributed by atoms with Gasteiger partial charge in [0.1, 0.15) is 0 Å². The van der Waals surface area contributed by atoms with Crippen LogP contribution in [0.3, 0.4) is 0 Å². The topological polar surface area (TPSA) is 61.9 Å². The summed E-state index contributed by atoms with van der Waals surface area (Å²) in [6, 6.07) is 11.0. The van der Waals surface area contributed by atoms with Gasteiger partial charge in [0.15, 0.2) is 0 Å². The van der Waals surface area contributed by atoms with Crippen molar-refractivity contribution in [3.63, 3.8) is 0 Å². The number of methoxy groups -OCH3 is 1. The quantitative estimate of drug-likeness (QED) is 0.823. The second-order valence-electron chi connectivity index (χ2n) is 7.22. The molecule has 2 aromatic rings. The van der Waals surface area contributed by atoms with Gasteiger partial charge in [0.2, 0.25) is 0 Å². The number of rotatable bonds is 3. The first-order valence-electron chi connectivity index (χ1n) is 9.46. The lowest BCUT2D eigenvalue weighted by Crippen LogP contribution is -2.50. The van der Waals surface area contributed by atoms with Gasteiger partial charge >= 0.3 is 12.0 Å². The predicted octanol–water partition coefficient (Wildman–Crippen LogP) is 3.75. The van der Waals surface area contributed by atoms with E-state index in [2.05, 4.69) is 47.9 Å². The van der Waals surface area contributed by atoms with Gasteiger partial charge in [0, 0.05) is 37.6 Å². The number of benzene rings is 2. The van der Waals surface area contributed by atoms with Gasteiger partial charge < -0.3 is 19.9 Å². The van der Waals surface area contributed by atoms with E-state index in [0.717, 1.165) is 13.1 Å². The van der Waals surface area contributed by atoms with Crippen molar-refractivity contribution in [3.8, 4) is 0 Å². The summed E-state index contributed by atoms with van der Waals surface area (Å²) in [4.78, 5) is 28.2. The molecule has 1 aliphatic rings. The van der Waals surface area contributed by atoms with Crippen LogP contribution in [-0.4, -0.2) is 50.2 Å². The van der Waals surface area contributed by atoms with E-state index in [1.807, 2.05) is 4.90 Å². The van der Waals surface area contributed by atoms with Crippen LogP contribution < -0.4 is 10.2 Å². The van der Waals surface area contributed by atoms with Gasteiger partial charge in [0.05, 0.1) is 12.7 Å². The number of aryl methyl sites for hydroxylation is 3. The number of hydrogen-bond donors (Lipinski definition) is 1. The lowest BCUT2D eigenvalue weighted by atomic mass is 10.0. The molecule has 1 N–H and O–H groups in total. The van der Waals surface area contributed by atoms with E-state index in [0.29, 0.717) is 24.3 Å². The van der Waals surface area contributed by atoms with Crippen molar-refractivity contribution in [2.75, 3.05) is 43.5 Å². The molecule has 1 aliphatic heterocycles. The number of nitrogens with zero attached hydrogens (tertiary/aromatic N) is 2. The second kappa shape index (κ2) is 8.33. The van der Waals surface area contributed by atoms with Crippen molar-refractivity contribution in [1.29, 1.82) is 0 Å². The minimum Gasteiger partial charge on any atom is -0.465 e. The Morgan fingerprint density at radius 2 is 1.50 bits per heavy atom. The standard InChI is InChI=1S/C22H27N3O3/c1-15-13-16(2)20(17(3)14-15)24-9-11-25(12-10-24)22(27)23-19-7-5-18(6-8-19)21(26)28-4/h5-8,13-14H,9-12H2,1-4H3,(H,23,27). The Morgan fingerprint density at radius 3 is 2.04 bits per heavy atom. The average molecular weight is 381 g/mol. The molecule has 0 aliphatic carbocycles. The zero-order valence-corrected chi connectivity index (χ0v) is 16.9. The number of carbonyl (C=O) groups excluding carboxylic acids is 2. The number of esters is 1. The number of carbonyl (C=O) groups is 2. The maximum atomic E-state index is 12.6. The highest BCUT2D eigenvalue weighted by Gasteiger charge is 2.23. The molecule has 1 saturated heterocycles. The molecule has 28 heavy (non-hydrogen) atoms. The number of piperazine rings is 1. The van der Waals surface area contributed by atoms with E-state index >= 15 is 0 Å². The summed E-state index contributed by atoms with van der Waals surface area (Å²) in [5, 5.41) is 2.90. The lowest BCUT2D eigenvalue weighted by Gasteiger charge is -2.37.